The fraction of sp³-hybridized carbons (Fsp3) is 0.241. The van der Waals surface area contributed by atoms with Crippen LogP contribution in [0.5, 0.6) is 0 Å². The van der Waals surface area contributed by atoms with E-state index < -0.39 is 0 Å². The summed E-state index contributed by atoms with van der Waals surface area (Å²) in [5.41, 5.74) is 18.1. The van der Waals surface area contributed by atoms with Crippen LogP contribution in [0.15, 0.2) is 139 Å². The number of rotatable bonds is 4. The molecule has 0 amide bonds. The van der Waals surface area contributed by atoms with Crippen LogP contribution in [0.3, 0.4) is 0 Å². The van der Waals surface area contributed by atoms with Gasteiger partial charge in [-0.3, -0.25) is 0 Å². The molecule has 0 spiro atoms. The van der Waals surface area contributed by atoms with E-state index in [1.807, 2.05) is 11.3 Å². The zero-order valence-electron chi connectivity index (χ0n) is 42.0. The van der Waals surface area contributed by atoms with Crippen molar-refractivity contribution in [2.75, 3.05) is 9.80 Å². The highest BCUT2D eigenvalue weighted by Crippen LogP contribution is 2.62. The molecule has 9 aromatic rings. The van der Waals surface area contributed by atoms with Crippen molar-refractivity contribution < 1.29 is 6.85 Å². The Balaban J connectivity index is 1.24. The number of hydrogen-bond donors (Lipinski definition) is 0. The van der Waals surface area contributed by atoms with Gasteiger partial charge in [0.25, 0.3) is 6.71 Å². The zero-order valence-corrected chi connectivity index (χ0v) is 37.9. The van der Waals surface area contributed by atoms with E-state index in [1.165, 1.54) is 75.8 Å². The van der Waals surface area contributed by atoms with Crippen molar-refractivity contribution >= 4 is 94.1 Å². The molecule has 13 rings (SSSR count). The topological polar surface area (TPSA) is 11.4 Å². The molecule has 308 valence electrons. The number of aryl methyl sites for hydroxylation is 2. The lowest BCUT2D eigenvalue weighted by Crippen LogP contribution is -2.64. The van der Waals surface area contributed by atoms with Crippen molar-refractivity contribution in [1.29, 1.82) is 0 Å². The maximum absolute atomic E-state index is 9.32. The van der Waals surface area contributed by atoms with Gasteiger partial charge in [0.05, 0.1) is 33.8 Å². The monoisotopic (exact) mass is 838 g/mol. The van der Waals surface area contributed by atoms with Gasteiger partial charge in [0.2, 0.25) is 0 Å². The molecule has 1 aliphatic carbocycles. The largest absolute Gasteiger partial charge is 0.335 e. The number of nitrogens with zero attached hydrogens (tertiary/aromatic N) is 3. The van der Waals surface area contributed by atoms with Gasteiger partial charge in [-0.15, -0.1) is 11.3 Å². The molecule has 2 unspecified atom stereocenters. The van der Waals surface area contributed by atoms with Crippen molar-refractivity contribution in [3.05, 3.63) is 162 Å². The Morgan fingerprint density at radius 1 is 0.698 bits per heavy atom. The Hall–Kier alpha value is -6.04. The average Bonchev–Trinajstić information content (AvgIpc) is 3.92. The molecule has 4 aliphatic rings. The summed E-state index contributed by atoms with van der Waals surface area (Å²) in [6, 6.07) is 39.4. The second-order valence-electron chi connectivity index (χ2n) is 20.2. The van der Waals surface area contributed by atoms with Crippen LogP contribution >= 0.6 is 11.3 Å². The molecule has 0 saturated heterocycles. The quantitative estimate of drug-likeness (QED) is 0.164. The van der Waals surface area contributed by atoms with Gasteiger partial charge in [-0.25, -0.2) is 0 Å². The van der Waals surface area contributed by atoms with Crippen LogP contribution < -0.4 is 26.2 Å². The first kappa shape index (κ1) is 32.6. The molecule has 0 radical (unpaired) electrons. The molecule has 0 N–H and O–H groups in total. The first-order valence-electron chi connectivity index (χ1n) is 25.2. The fourth-order valence-electron chi connectivity index (χ4n) is 12.4. The molecule has 63 heavy (non-hydrogen) atoms. The maximum Gasteiger partial charge on any atom is 0.252 e. The highest BCUT2D eigenvalue weighted by molar-refractivity contribution is 7.26. The maximum atomic E-state index is 9.32. The lowest BCUT2D eigenvalue weighted by molar-refractivity contribution is 0.195. The fourth-order valence-corrected chi connectivity index (χ4v) is 13.6. The van der Waals surface area contributed by atoms with Gasteiger partial charge >= 0.3 is 0 Å². The number of anilines is 5. The number of benzene rings is 7. The zero-order chi connectivity index (χ0) is 47.1. The van der Waals surface area contributed by atoms with Gasteiger partial charge in [-0.2, -0.15) is 0 Å². The van der Waals surface area contributed by atoms with Crippen molar-refractivity contribution in [2.45, 2.75) is 90.5 Å². The summed E-state index contributed by atoms with van der Waals surface area (Å²) in [7, 11) is 0. The van der Waals surface area contributed by atoms with Crippen LogP contribution in [0.1, 0.15) is 89.4 Å². The molecule has 1 saturated carbocycles. The summed E-state index contributed by atoms with van der Waals surface area (Å²) in [5, 5.41) is 2.50. The van der Waals surface area contributed by atoms with Crippen LogP contribution in [-0.4, -0.2) is 16.8 Å². The first-order valence-corrected chi connectivity index (χ1v) is 23.5. The van der Waals surface area contributed by atoms with Crippen molar-refractivity contribution in [3.63, 3.8) is 0 Å². The lowest BCUT2D eigenvalue weighted by atomic mass is 9.33. The molecule has 5 heterocycles. The summed E-state index contributed by atoms with van der Waals surface area (Å²) in [6.07, 6.45) is 4.16. The average molecular weight is 839 g/mol. The van der Waals surface area contributed by atoms with Gasteiger partial charge in [-0.1, -0.05) is 137 Å². The number of hydrogen-bond acceptors (Lipinski definition) is 3. The van der Waals surface area contributed by atoms with E-state index in [4.69, 9.17) is 4.11 Å². The van der Waals surface area contributed by atoms with E-state index in [1.54, 1.807) is 0 Å². The smallest absolute Gasteiger partial charge is 0.252 e. The first-order chi connectivity index (χ1) is 32.5. The van der Waals surface area contributed by atoms with Gasteiger partial charge in [0, 0.05) is 49.3 Å². The number of thiophene rings is 1. The van der Waals surface area contributed by atoms with E-state index in [0.29, 0.717) is 5.56 Å². The normalized spacial score (nSPS) is 20.6. The molecular formula is C58H52BN3S. The standard InChI is InChI=1S/C58H52BN3S/c1-35-19-11-14-24-46(35)60(47-25-15-12-20-36(47)2)40-33-48-51-49(34-40)62-54-43(57(6)27-17-18-28-58(57,62)7)29-38(37-21-9-8-10-22-37)30-44(54)59(51)45-32-39(56(3,4)5)31-42-52(45)61(48)53-41-23-13-16-26-50(41)63-55(42)53/h8-16,19-26,29-34H,17-18,27-28H2,1-7H3/i8D,9D,10D,21D,22D. The number of aromatic nitrogens is 1. The third-order valence-electron chi connectivity index (χ3n) is 15.8. The minimum absolute atomic E-state index is 0.155. The highest BCUT2D eigenvalue weighted by Gasteiger charge is 2.61. The van der Waals surface area contributed by atoms with E-state index in [9.17, 15) is 2.74 Å². The van der Waals surface area contributed by atoms with Crippen LogP contribution in [-0.2, 0) is 10.8 Å². The van der Waals surface area contributed by atoms with Crippen molar-refractivity contribution in [1.82, 2.24) is 4.57 Å². The molecular weight excluding hydrogens is 782 g/mol. The summed E-state index contributed by atoms with van der Waals surface area (Å²) >= 11 is 1.88. The van der Waals surface area contributed by atoms with E-state index in [0.717, 1.165) is 53.9 Å². The summed E-state index contributed by atoms with van der Waals surface area (Å²) in [6.45, 7) is 16.1. The molecule has 7 aromatic carbocycles. The third kappa shape index (κ3) is 4.87. The van der Waals surface area contributed by atoms with E-state index >= 15 is 0 Å². The molecule has 1 fully saturated rings. The third-order valence-corrected chi connectivity index (χ3v) is 17.0. The SMILES string of the molecule is [2H]c1c([2H])c([2H])c(-c2cc3c4c(c2)C2(C)CCCCC2(C)N4c2cc(N(c4ccccc4C)c4ccccc4C)cc4c2B3c2cc(C(C)(C)C)cc3c5sc6ccccc6c5n-4c23)c([2H])c1[2H]. The summed E-state index contributed by atoms with van der Waals surface area (Å²) < 4.78 is 50.0. The molecule has 2 atom stereocenters. The molecule has 3 nitrogen and oxygen atoms in total. The van der Waals surface area contributed by atoms with Gasteiger partial charge in [-0.05, 0) is 131 Å². The van der Waals surface area contributed by atoms with Crippen LogP contribution in [0.2, 0.25) is 0 Å². The second-order valence-corrected chi connectivity index (χ2v) is 21.2. The van der Waals surface area contributed by atoms with Crippen LogP contribution in [0.4, 0.5) is 28.4 Å². The molecule has 3 aliphatic heterocycles. The molecule has 0 bridgehead atoms. The number of para-hydroxylation sites is 2. The van der Waals surface area contributed by atoms with Gasteiger partial charge in [0.15, 0.2) is 0 Å². The predicted octanol–water partition coefficient (Wildman–Crippen LogP) is 13.9. The Morgan fingerprint density at radius 2 is 1.38 bits per heavy atom. The predicted molar refractivity (Wildman–Crippen MR) is 272 cm³/mol. The Morgan fingerprint density at radius 3 is 2.11 bits per heavy atom. The van der Waals surface area contributed by atoms with Crippen molar-refractivity contribution in [3.8, 4) is 16.8 Å². The summed E-state index contributed by atoms with van der Waals surface area (Å²) in [5.74, 6) is 0. The number of fused-ring (bicyclic) bond motifs is 12. The van der Waals surface area contributed by atoms with Gasteiger partial charge < -0.3 is 14.4 Å². The van der Waals surface area contributed by atoms with Crippen molar-refractivity contribution in [2.24, 2.45) is 0 Å². The van der Waals surface area contributed by atoms with E-state index in [-0.39, 0.29) is 58.9 Å². The second kappa shape index (κ2) is 12.8. The van der Waals surface area contributed by atoms with Crippen LogP contribution in [0, 0.1) is 13.8 Å². The highest BCUT2D eigenvalue weighted by atomic mass is 32.1. The summed E-state index contributed by atoms with van der Waals surface area (Å²) in [4.78, 5) is 5.21. The minimum atomic E-state index is -0.369. The molecule has 5 heteroatoms. The lowest BCUT2D eigenvalue weighted by Gasteiger charge is -2.52. The molecule has 2 aromatic heterocycles. The van der Waals surface area contributed by atoms with Crippen LogP contribution in [0.25, 0.3) is 48.0 Å². The Bertz CT molecular complexity index is 3660. The van der Waals surface area contributed by atoms with E-state index in [2.05, 4.69) is 172 Å². The minimum Gasteiger partial charge on any atom is -0.335 e. The Labute approximate surface area is 382 Å². The van der Waals surface area contributed by atoms with Gasteiger partial charge in [0.1, 0.15) is 0 Å². The Kier molecular flexibility index (Phi) is 6.62.